The number of rotatable bonds is 2. The molecule has 0 aliphatic carbocycles. The quantitative estimate of drug-likeness (QED) is 0.335. The molecular formula is C13H9ClN2O3S2. The normalized spacial score (nSPS) is 14.9. The third kappa shape index (κ3) is 2.85. The first-order valence-corrected chi connectivity index (χ1v) is 7.45. The molecule has 2 aromatic rings. The van der Waals surface area contributed by atoms with E-state index in [2.05, 4.69) is 0 Å². The number of aryl methyl sites for hydroxylation is 1. The lowest BCUT2D eigenvalue weighted by Gasteiger charge is -1.94. The van der Waals surface area contributed by atoms with E-state index in [4.69, 9.17) is 0 Å². The zero-order chi connectivity index (χ0) is 14.3. The summed E-state index contributed by atoms with van der Waals surface area (Å²) < 4.78 is 2.63. The van der Waals surface area contributed by atoms with E-state index in [1.807, 2.05) is 12.3 Å². The summed E-state index contributed by atoms with van der Waals surface area (Å²) >= 11 is 2.97. The lowest BCUT2D eigenvalue weighted by molar-refractivity contribution is -0.606. The average Bonchev–Trinajstić information content (AvgIpc) is 2.93. The zero-order valence-corrected chi connectivity index (χ0v) is 13.2. The van der Waals surface area contributed by atoms with Crippen LogP contribution in [0.5, 0.6) is 0 Å². The number of fused-ring (bicyclic) bond motifs is 1. The number of thioether (sulfide) groups is 1. The van der Waals surface area contributed by atoms with Crippen LogP contribution in [0.3, 0.4) is 0 Å². The number of carbonyl (C=O) groups is 1. The van der Waals surface area contributed by atoms with Crippen molar-refractivity contribution in [2.75, 3.05) is 0 Å². The van der Waals surface area contributed by atoms with Crippen LogP contribution in [0, 0.1) is 17.0 Å². The van der Waals surface area contributed by atoms with Crippen molar-refractivity contribution in [1.29, 1.82) is 0 Å². The summed E-state index contributed by atoms with van der Waals surface area (Å²) in [4.78, 5) is 23.0. The average molecular weight is 341 g/mol. The van der Waals surface area contributed by atoms with Crippen LogP contribution in [0.25, 0.3) is 6.08 Å². The Bertz CT molecular complexity index is 753. The van der Waals surface area contributed by atoms with E-state index in [1.165, 1.54) is 35.2 Å². The zero-order valence-electron chi connectivity index (χ0n) is 10.8. The Morgan fingerprint density at radius 1 is 1.29 bits per heavy atom. The Morgan fingerprint density at radius 2 is 1.95 bits per heavy atom. The molecule has 1 aromatic carbocycles. The topological polar surface area (TPSA) is 64.1 Å². The number of nitro groups is 1. The molecule has 0 bridgehead atoms. The molecule has 21 heavy (non-hydrogen) atoms. The van der Waals surface area contributed by atoms with Crippen LogP contribution in [0.4, 0.5) is 5.69 Å². The molecular weight excluding hydrogens is 332 g/mol. The Balaban J connectivity index is 0.00000161. The summed E-state index contributed by atoms with van der Waals surface area (Å²) in [6, 6.07) is 6.15. The second kappa shape index (κ2) is 5.97. The van der Waals surface area contributed by atoms with Gasteiger partial charge in [-0.25, -0.2) is 4.79 Å². The van der Waals surface area contributed by atoms with E-state index in [0.29, 0.717) is 4.91 Å². The highest BCUT2D eigenvalue weighted by Crippen LogP contribution is 2.35. The van der Waals surface area contributed by atoms with E-state index < -0.39 is 4.92 Å². The SMILES string of the molecule is Cc1csc2[n+]1C(=O)C(=Cc1ccc([N+](=O)[O-])cc1)S2.[Cl-]. The maximum Gasteiger partial charge on any atom is 0.433 e. The van der Waals surface area contributed by atoms with Crippen LogP contribution in [0.2, 0.25) is 0 Å². The fourth-order valence-corrected chi connectivity index (χ4v) is 4.08. The lowest BCUT2D eigenvalue weighted by atomic mass is 10.2. The summed E-state index contributed by atoms with van der Waals surface area (Å²) in [5, 5.41) is 12.5. The fourth-order valence-electron chi connectivity index (χ4n) is 1.88. The van der Waals surface area contributed by atoms with Gasteiger partial charge in [0.1, 0.15) is 4.91 Å². The number of benzene rings is 1. The molecule has 0 saturated heterocycles. The predicted octanol–water partition coefficient (Wildman–Crippen LogP) is 0.0432. The van der Waals surface area contributed by atoms with Gasteiger partial charge >= 0.3 is 10.2 Å². The summed E-state index contributed by atoms with van der Waals surface area (Å²) in [6.45, 7) is 1.90. The van der Waals surface area contributed by atoms with Gasteiger partial charge in [0.2, 0.25) is 0 Å². The molecule has 2 heterocycles. The molecule has 0 atom stereocenters. The van der Waals surface area contributed by atoms with E-state index >= 15 is 0 Å². The molecule has 8 heteroatoms. The molecule has 1 aliphatic heterocycles. The van der Waals surface area contributed by atoms with E-state index in [-0.39, 0.29) is 24.0 Å². The minimum Gasteiger partial charge on any atom is -1.00 e. The van der Waals surface area contributed by atoms with Crippen LogP contribution >= 0.6 is 23.1 Å². The largest absolute Gasteiger partial charge is 1.00 e. The van der Waals surface area contributed by atoms with Crippen LogP contribution in [-0.4, -0.2) is 10.8 Å². The second-order valence-corrected chi connectivity index (χ2v) is 6.39. The third-order valence-corrected chi connectivity index (χ3v) is 5.13. The van der Waals surface area contributed by atoms with Gasteiger partial charge < -0.3 is 12.4 Å². The number of thiazole rings is 1. The molecule has 0 amide bonds. The van der Waals surface area contributed by atoms with Crippen LogP contribution in [0.15, 0.2) is 38.9 Å². The van der Waals surface area contributed by atoms with E-state index in [9.17, 15) is 14.9 Å². The maximum absolute atomic E-state index is 12.2. The van der Waals surface area contributed by atoms with Gasteiger partial charge in [-0.05, 0) is 23.8 Å². The number of halogens is 1. The first kappa shape index (κ1) is 15.7. The van der Waals surface area contributed by atoms with Gasteiger partial charge in [0.25, 0.3) is 5.69 Å². The number of nitrogens with zero attached hydrogens (tertiary/aromatic N) is 2. The summed E-state index contributed by atoms with van der Waals surface area (Å²) in [6.07, 6.45) is 1.76. The number of hydrogen-bond donors (Lipinski definition) is 0. The highest BCUT2D eigenvalue weighted by Gasteiger charge is 2.38. The Kier molecular flexibility index (Phi) is 4.46. The first-order valence-electron chi connectivity index (χ1n) is 5.75. The predicted molar refractivity (Wildman–Crippen MR) is 76.8 cm³/mol. The molecule has 0 radical (unpaired) electrons. The van der Waals surface area contributed by atoms with Crippen LogP contribution in [0.1, 0.15) is 16.1 Å². The number of aromatic nitrogens is 1. The van der Waals surface area contributed by atoms with Crippen molar-refractivity contribution in [2.45, 2.75) is 11.3 Å². The molecule has 108 valence electrons. The van der Waals surface area contributed by atoms with Gasteiger partial charge in [-0.1, -0.05) is 11.3 Å². The number of carbonyl (C=O) groups excluding carboxylic acids is 1. The minimum absolute atomic E-state index is 0. The van der Waals surface area contributed by atoms with Crippen molar-refractivity contribution in [3.05, 3.63) is 55.9 Å². The third-order valence-electron chi connectivity index (χ3n) is 2.88. The Hall–Kier alpha value is -1.70. The standard InChI is InChI=1S/C13H9N2O3S2.ClH/c1-8-7-19-13-14(8)12(16)11(20-13)6-9-2-4-10(5-3-9)15(17)18;/h2-7H,1H3;1H/q+1;/p-1. The molecule has 3 rings (SSSR count). The lowest BCUT2D eigenvalue weighted by Crippen LogP contribution is -3.00. The number of nitro benzene ring substituents is 1. The van der Waals surface area contributed by atoms with Crippen molar-refractivity contribution in [3.63, 3.8) is 0 Å². The number of allylic oxidation sites excluding steroid dienone is 1. The van der Waals surface area contributed by atoms with Gasteiger partial charge in [-0.15, -0.1) is 4.57 Å². The summed E-state index contributed by atoms with van der Waals surface area (Å²) in [5.74, 6) is -0.0397. The van der Waals surface area contributed by atoms with Crippen LogP contribution in [-0.2, 0) is 0 Å². The second-order valence-electron chi connectivity index (χ2n) is 4.24. The number of non-ortho nitro benzene ring substituents is 1. The molecule has 5 nitrogen and oxygen atoms in total. The maximum atomic E-state index is 12.2. The van der Waals surface area contributed by atoms with Crippen molar-refractivity contribution < 1.29 is 26.7 Å². The molecule has 1 aromatic heterocycles. The molecule has 1 aliphatic rings. The summed E-state index contributed by atoms with van der Waals surface area (Å²) in [7, 11) is 0. The molecule has 0 unspecified atom stereocenters. The molecule has 0 saturated carbocycles. The molecule has 0 spiro atoms. The van der Waals surface area contributed by atoms with Crippen molar-refractivity contribution in [1.82, 2.24) is 0 Å². The van der Waals surface area contributed by atoms with Gasteiger partial charge in [-0.3, -0.25) is 10.1 Å². The Labute approximate surface area is 134 Å². The van der Waals surface area contributed by atoms with Crippen LogP contribution < -0.4 is 17.0 Å². The van der Waals surface area contributed by atoms with Crippen molar-refractivity contribution >= 4 is 40.8 Å². The van der Waals surface area contributed by atoms with Gasteiger partial charge in [0, 0.05) is 30.8 Å². The highest BCUT2D eigenvalue weighted by atomic mass is 35.5. The fraction of sp³-hybridized carbons (Fsp3) is 0.0769. The summed E-state index contributed by atoms with van der Waals surface area (Å²) in [5.41, 5.74) is 1.75. The highest BCUT2D eigenvalue weighted by molar-refractivity contribution is 8.05. The van der Waals surface area contributed by atoms with E-state index in [1.54, 1.807) is 22.8 Å². The first-order chi connectivity index (χ1) is 9.56. The smallest absolute Gasteiger partial charge is 0.433 e. The van der Waals surface area contributed by atoms with Gasteiger partial charge in [0.15, 0.2) is 5.69 Å². The van der Waals surface area contributed by atoms with Gasteiger partial charge in [-0.2, -0.15) is 0 Å². The van der Waals surface area contributed by atoms with Gasteiger partial charge in [0.05, 0.1) is 10.3 Å². The van der Waals surface area contributed by atoms with Crippen molar-refractivity contribution in [2.24, 2.45) is 0 Å². The van der Waals surface area contributed by atoms with Crippen molar-refractivity contribution in [3.8, 4) is 0 Å². The monoisotopic (exact) mass is 340 g/mol. The molecule has 0 N–H and O–H groups in total. The molecule has 0 fully saturated rings. The van der Waals surface area contributed by atoms with E-state index in [0.717, 1.165) is 15.6 Å². The Morgan fingerprint density at radius 3 is 2.52 bits per heavy atom. The number of hydrogen-bond acceptors (Lipinski definition) is 5. The minimum atomic E-state index is -0.441.